The molecule has 4 nitrogen and oxygen atoms in total. The quantitative estimate of drug-likeness (QED) is 0.633. The molecule has 0 aromatic heterocycles. The van der Waals surface area contributed by atoms with Crippen molar-refractivity contribution in [3.05, 3.63) is 24.3 Å². The van der Waals surface area contributed by atoms with E-state index in [2.05, 4.69) is 9.73 Å². The topological polar surface area (TPSA) is 41.9 Å². The van der Waals surface area contributed by atoms with E-state index in [4.69, 9.17) is 0 Å². The third-order valence-electron chi connectivity index (χ3n) is 3.44. The SMILES string of the molecule is CC1CN(c2cccc(OC(F)F)c2)C(=NC(=O)C(C(F)(F)F)C(F)(F)F)S1. The minimum Gasteiger partial charge on any atom is -0.435 e. The average molecular weight is 436 g/mol. The molecule has 1 aliphatic heterocycles. The number of anilines is 1. The lowest BCUT2D eigenvalue weighted by Crippen LogP contribution is -2.42. The van der Waals surface area contributed by atoms with Crippen LogP contribution in [0.4, 0.5) is 40.8 Å². The zero-order chi connectivity index (χ0) is 21.3. The van der Waals surface area contributed by atoms with Crippen LogP contribution in [0.3, 0.4) is 0 Å². The van der Waals surface area contributed by atoms with Crippen molar-refractivity contribution in [2.45, 2.75) is 31.1 Å². The molecule has 0 saturated carbocycles. The second-order valence-electron chi connectivity index (χ2n) is 5.66. The van der Waals surface area contributed by atoms with E-state index < -0.39 is 36.0 Å². The van der Waals surface area contributed by atoms with Gasteiger partial charge in [-0.25, -0.2) is 0 Å². The summed E-state index contributed by atoms with van der Waals surface area (Å²) >= 11 is 0.787. The van der Waals surface area contributed by atoms with Crippen LogP contribution in [-0.4, -0.2) is 41.8 Å². The van der Waals surface area contributed by atoms with Crippen LogP contribution >= 0.6 is 11.8 Å². The van der Waals surface area contributed by atoms with E-state index in [-0.39, 0.29) is 23.2 Å². The molecule has 1 aromatic carbocycles. The van der Waals surface area contributed by atoms with Crippen LogP contribution in [0.15, 0.2) is 29.3 Å². The lowest BCUT2D eigenvalue weighted by Gasteiger charge is -2.22. The van der Waals surface area contributed by atoms with E-state index >= 15 is 0 Å². The smallest absolute Gasteiger partial charge is 0.409 e. The van der Waals surface area contributed by atoms with Gasteiger partial charge in [-0.05, 0) is 12.1 Å². The van der Waals surface area contributed by atoms with Crippen molar-refractivity contribution in [2.75, 3.05) is 11.4 Å². The third-order valence-corrected chi connectivity index (χ3v) is 4.51. The van der Waals surface area contributed by atoms with E-state index in [1.807, 2.05) is 0 Å². The Morgan fingerprint density at radius 2 is 1.82 bits per heavy atom. The monoisotopic (exact) mass is 436 g/mol. The number of hydrogen-bond acceptors (Lipinski definition) is 3. The predicted octanol–water partition coefficient (Wildman–Crippen LogP) is 4.85. The lowest BCUT2D eigenvalue weighted by atomic mass is 10.1. The summed E-state index contributed by atoms with van der Waals surface area (Å²) in [6.45, 7) is -1.44. The van der Waals surface area contributed by atoms with Crippen molar-refractivity contribution in [1.82, 2.24) is 0 Å². The largest absolute Gasteiger partial charge is 0.435 e. The number of benzene rings is 1. The molecule has 1 saturated heterocycles. The lowest BCUT2D eigenvalue weighted by molar-refractivity contribution is -0.273. The Morgan fingerprint density at radius 1 is 1.21 bits per heavy atom. The fourth-order valence-electron chi connectivity index (χ4n) is 2.37. The summed E-state index contributed by atoms with van der Waals surface area (Å²) in [6.07, 6.45) is -11.7. The van der Waals surface area contributed by atoms with E-state index in [0.29, 0.717) is 0 Å². The van der Waals surface area contributed by atoms with E-state index in [9.17, 15) is 39.9 Å². The van der Waals surface area contributed by atoms with Gasteiger partial charge in [-0.1, -0.05) is 24.8 Å². The molecule has 1 unspecified atom stereocenters. The number of ether oxygens (including phenoxy) is 1. The van der Waals surface area contributed by atoms with Crippen molar-refractivity contribution < 1.29 is 44.7 Å². The van der Waals surface area contributed by atoms with Gasteiger partial charge in [-0.2, -0.15) is 40.1 Å². The van der Waals surface area contributed by atoms with Crippen molar-refractivity contribution in [3.8, 4) is 5.75 Å². The van der Waals surface area contributed by atoms with Crippen LogP contribution in [0.1, 0.15) is 6.92 Å². The van der Waals surface area contributed by atoms with E-state index in [1.54, 1.807) is 6.92 Å². The summed E-state index contributed by atoms with van der Waals surface area (Å²) in [6, 6.07) is 4.96. The summed E-state index contributed by atoms with van der Waals surface area (Å²) in [7, 11) is 0. The maximum Gasteiger partial charge on any atom is 0.409 e. The number of thioether (sulfide) groups is 1. The Hall–Kier alpha value is -2.05. The molecule has 0 radical (unpaired) electrons. The van der Waals surface area contributed by atoms with Gasteiger partial charge in [0, 0.05) is 23.5 Å². The van der Waals surface area contributed by atoms with E-state index in [0.717, 1.165) is 22.7 Å². The number of nitrogens with zero attached hydrogens (tertiary/aromatic N) is 2. The number of amides is 1. The first-order valence-corrected chi connectivity index (χ1v) is 8.42. The van der Waals surface area contributed by atoms with Gasteiger partial charge in [0.05, 0.1) is 0 Å². The molecule has 1 atom stereocenters. The molecule has 1 amide bonds. The van der Waals surface area contributed by atoms with Gasteiger partial charge in [0.2, 0.25) is 5.92 Å². The second-order valence-corrected chi connectivity index (χ2v) is 7.07. The number of carbonyl (C=O) groups excluding carboxylic acids is 1. The molecule has 0 bridgehead atoms. The fourth-order valence-corrected chi connectivity index (χ4v) is 3.40. The summed E-state index contributed by atoms with van der Waals surface area (Å²) in [5, 5.41) is -0.730. The molecule has 156 valence electrons. The third kappa shape index (κ3) is 5.49. The van der Waals surface area contributed by atoms with Crippen LogP contribution < -0.4 is 9.64 Å². The molecular weight excluding hydrogens is 424 g/mol. The van der Waals surface area contributed by atoms with E-state index in [1.165, 1.54) is 18.2 Å². The number of aliphatic imine (C=N–C) groups is 1. The first kappa shape index (κ1) is 22.2. The van der Waals surface area contributed by atoms with Crippen molar-refractivity contribution in [1.29, 1.82) is 0 Å². The Labute approximate surface area is 157 Å². The van der Waals surface area contributed by atoms with Gasteiger partial charge in [-0.3, -0.25) is 4.79 Å². The number of halogens is 8. The summed E-state index contributed by atoms with van der Waals surface area (Å²) in [4.78, 5) is 15.9. The summed E-state index contributed by atoms with van der Waals surface area (Å²) in [5.74, 6) is -6.92. The van der Waals surface area contributed by atoms with Crippen LogP contribution in [0.2, 0.25) is 0 Å². The van der Waals surface area contributed by atoms with Gasteiger partial charge in [0.1, 0.15) is 5.75 Å². The molecular formula is C15H12F8N2O2S. The normalized spacial score (nSPS) is 19.8. The molecule has 13 heteroatoms. The molecule has 0 N–H and O–H groups in total. The van der Waals surface area contributed by atoms with Crippen LogP contribution in [0.25, 0.3) is 0 Å². The molecule has 0 spiro atoms. The molecule has 1 aromatic rings. The molecule has 28 heavy (non-hydrogen) atoms. The van der Waals surface area contributed by atoms with Crippen LogP contribution in [0, 0.1) is 5.92 Å². The van der Waals surface area contributed by atoms with Gasteiger partial charge >= 0.3 is 19.0 Å². The average Bonchev–Trinajstić information content (AvgIpc) is 2.84. The Kier molecular flexibility index (Phi) is 6.46. The van der Waals surface area contributed by atoms with Crippen molar-refractivity contribution in [2.24, 2.45) is 10.9 Å². The maximum atomic E-state index is 12.7. The molecule has 1 heterocycles. The zero-order valence-corrected chi connectivity index (χ0v) is 14.7. The fraction of sp³-hybridized carbons (Fsp3) is 0.467. The molecule has 0 aliphatic carbocycles. The standard InChI is InChI=1S/C15H12F8N2O2S/c1-7-6-25(8-3-2-4-9(5-8)27-12(16)17)13(28-7)24-11(26)10(14(18,19)20)15(21,22)23/h2-5,7,10,12H,6H2,1H3. The first-order chi connectivity index (χ1) is 12.8. The highest BCUT2D eigenvalue weighted by Gasteiger charge is 2.61. The van der Waals surface area contributed by atoms with Gasteiger partial charge < -0.3 is 9.64 Å². The highest BCUT2D eigenvalue weighted by molar-refractivity contribution is 8.15. The Balaban J connectivity index is 2.36. The minimum atomic E-state index is -5.86. The summed E-state index contributed by atoms with van der Waals surface area (Å²) < 4.78 is 105. The number of hydrogen-bond donors (Lipinski definition) is 0. The number of rotatable bonds is 4. The zero-order valence-electron chi connectivity index (χ0n) is 13.9. The van der Waals surface area contributed by atoms with Crippen molar-refractivity contribution >= 4 is 28.5 Å². The molecule has 1 fully saturated rings. The summed E-state index contributed by atoms with van der Waals surface area (Å²) in [5.41, 5.74) is 0.122. The predicted molar refractivity (Wildman–Crippen MR) is 85.5 cm³/mol. The number of alkyl halides is 8. The highest BCUT2D eigenvalue weighted by Crippen LogP contribution is 2.41. The minimum absolute atomic E-state index is 0.0810. The number of amidine groups is 1. The second kappa shape index (κ2) is 8.13. The highest BCUT2D eigenvalue weighted by atomic mass is 32.2. The van der Waals surface area contributed by atoms with Crippen LogP contribution in [0.5, 0.6) is 5.75 Å². The van der Waals surface area contributed by atoms with Crippen LogP contribution in [-0.2, 0) is 4.79 Å². The maximum absolute atomic E-state index is 12.7. The Morgan fingerprint density at radius 3 is 2.36 bits per heavy atom. The Bertz CT molecular complexity index is 736. The molecule has 2 rings (SSSR count). The first-order valence-electron chi connectivity index (χ1n) is 7.54. The molecule has 1 aliphatic rings. The number of carbonyl (C=O) groups is 1. The van der Waals surface area contributed by atoms with Gasteiger partial charge in [0.15, 0.2) is 5.17 Å². The van der Waals surface area contributed by atoms with Crippen molar-refractivity contribution in [3.63, 3.8) is 0 Å². The van der Waals surface area contributed by atoms with Gasteiger partial charge in [-0.15, -0.1) is 0 Å². The van der Waals surface area contributed by atoms with Gasteiger partial charge in [0.25, 0.3) is 5.91 Å².